The molecule has 4 nitrogen and oxygen atoms in total. The number of amides is 3. The van der Waals surface area contributed by atoms with Crippen LogP contribution in [0, 0.1) is 0 Å². The number of carbonyl (C=O) groups is 2. The van der Waals surface area contributed by atoms with Crippen LogP contribution >= 0.6 is 0 Å². The van der Waals surface area contributed by atoms with Gasteiger partial charge in [-0.1, -0.05) is 0 Å². The van der Waals surface area contributed by atoms with Crippen LogP contribution in [0.2, 0.25) is 0 Å². The van der Waals surface area contributed by atoms with Gasteiger partial charge in [-0.3, -0.25) is 10.1 Å². The number of rotatable bonds is 0. The molecule has 1 heterocycles. The predicted molar refractivity (Wildman–Crippen MR) is 21.5 cm³/mol. The Balaban J connectivity index is 0. The maximum Gasteiger partial charge on any atom is 1.00 e. The Morgan fingerprint density at radius 1 is 1.33 bits per heavy atom. The first-order chi connectivity index (χ1) is 3.29. The molecule has 46 valence electrons. The van der Waals surface area contributed by atoms with E-state index in [4.69, 9.17) is 0 Å². The maximum absolute atomic E-state index is 10.1. The van der Waals surface area contributed by atoms with Gasteiger partial charge in [-0.25, -0.2) is 4.79 Å². The number of halogens is 1. The normalized spacial score (nSPS) is 14.7. The molecule has 2 N–H and O–H groups in total. The zero-order valence-corrected chi connectivity index (χ0v) is 8.49. The summed E-state index contributed by atoms with van der Waals surface area (Å²) in [5, 5.41) is 4.30. The molecule has 0 unspecified atom stereocenters. The van der Waals surface area contributed by atoms with E-state index in [1.165, 1.54) is 0 Å². The standard InChI is InChI=1S/C3H4N2O2.BrH.Na/c6-2-1-4-3(7)5-2;;/h1H2,(H2,4,5,6,7);1H;/q;;+1/p-1. The van der Waals surface area contributed by atoms with Crippen molar-refractivity contribution < 1.29 is 56.1 Å². The third-order valence-electron chi connectivity index (χ3n) is 0.662. The summed E-state index contributed by atoms with van der Waals surface area (Å²) >= 11 is 0. The van der Waals surface area contributed by atoms with Gasteiger partial charge in [0.05, 0.1) is 6.54 Å². The van der Waals surface area contributed by atoms with Crippen molar-refractivity contribution in [3.05, 3.63) is 0 Å². The fraction of sp³-hybridized carbons (Fsp3) is 0.333. The van der Waals surface area contributed by atoms with E-state index in [0.717, 1.165) is 0 Å². The minimum atomic E-state index is -0.398. The molecule has 0 aromatic carbocycles. The summed E-state index contributed by atoms with van der Waals surface area (Å²) < 4.78 is 0. The van der Waals surface area contributed by atoms with E-state index in [0.29, 0.717) is 0 Å². The number of carbonyl (C=O) groups excluding carboxylic acids is 2. The maximum atomic E-state index is 10.1. The van der Waals surface area contributed by atoms with E-state index in [-0.39, 0.29) is 59.0 Å². The minimum absolute atomic E-state index is 0. The van der Waals surface area contributed by atoms with Gasteiger partial charge in [-0.15, -0.1) is 0 Å². The number of hydrogen-bond acceptors (Lipinski definition) is 2. The first kappa shape index (κ1) is 12.1. The summed E-state index contributed by atoms with van der Waals surface area (Å²) in [5.74, 6) is -0.259. The van der Waals surface area contributed by atoms with Crippen LogP contribution in [0.25, 0.3) is 0 Å². The fourth-order valence-electron chi connectivity index (χ4n) is 0.376. The van der Waals surface area contributed by atoms with Crippen molar-refractivity contribution in [2.75, 3.05) is 6.54 Å². The molecular formula is C3H4BrN2NaO2. The summed E-state index contributed by atoms with van der Waals surface area (Å²) in [4.78, 5) is 20.1. The number of imide groups is 1. The van der Waals surface area contributed by atoms with Gasteiger partial charge in [0.15, 0.2) is 0 Å². The Morgan fingerprint density at radius 2 is 1.89 bits per heavy atom. The van der Waals surface area contributed by atoms with E-state index < -0.39 is 6.03 Å². The summed E-state index contributed by atoms with van der Waals surface area (Å²) in [6, 6.07) is -0.398. The van der Waals surface area contributed by atoms with Crippen molar-refractivity contribution in [1.82, 2.24) is 10.6 Å². The van der Waals surface area contributed by atoms with E-state index in [1.807, 2.05) is 5.32 Å². The number of nitrogens with one attached hydrogen (secondary N) is 2. The Kier molecular flexibility index (Phi) is 7.04. The van der Waals surface area contributed by atoms with Crippen LogP contribution in [0.5, 0.6) is 0 Å². The molecule has 1 rings (SSSR count). The van der Waals surface area contributed by atoms with Gasteiger partial charge >= 0.3 is 35.6 Å². The number of hydrogen-bond donors (Lipinski definition) is 2. The van der Waals surface area contributed by atoms with Crippen LogP contribution in [0.4, 0.5) is 4.79 Å². The summed E-state index contributed by atoms with van der Waals surface area (Å²) in [7, 11) is 0. The van der Waals surface area contributed by atoms with Crippen LogP contribution in [0.1, 0.15) is 0 Å². The molecule has 1 aliphatic heterocycles. The van der Waals surface area contributed by atoms with Gasteiger partial charge in [-0.2, -0.15) is 0 Å². The largest absolute Gasteiger partial charge is 1.00 e. The molecule has 0 spiro atoms. The quantitative estimate of drug-likeness (QED) is 0.303. The molecule has 0 atom stereocenters. The molecule has 0 bridgehead atoms. The van der Waals surface area contributed by atoms with Crippen LogP contribution in [-0.4, -0.2) is 18.5 Å². The topological polar surface area (TPSA) is 58.2 Å². The van der Waals surface area contributed by atoms with Gasteiger partial charge in [0.25, 0.3) is 0 Å². The predicted octanol–water partition coefficient (Wildman–Crippen LogP) is -7.17. The molecule has 1 saturated heterocycles. The van der Waals surface area contributed by atoms with Crippen molar-refractivity contribution in [2.24, 2.45) is 0 Å². The molecule has 1 aliphatic rings. The Labute approximate surface area is 84.8 Å². The van der Waals surface area contributed by atoms with Crippen molar-refractivity contribution in [3.8, 4) is 0 Å². The van der Waals surface area contributed by atoms with Crippen molar-refractivity contribution in [1.29, 1.82) is 0 Å². The molecule has 0 saturated carbocycles. The second-order valence-electron chi connectivity index (χ2n) is 1.23. The van der Waals surface area contributed by atoms with Gasteiger partial charge in [0.2, 0.25) is 5.91 Å². The van der Waals surface area contributed by atoms with Crippen LogP contribution < -0.4 is 57.2 Å². The molecule has 3 amide bonds. The van der Waals surface area contributed by atoms with Crippen molar-refractivity contribution in [2.45, 2.75) is 0 Å². The van der Waals surface area contributed by atoms with Gasteiger partial charge < -0.3 is 22.3 Å². The van der Waals surface area contributed by atoms with Crippen molar-refractivity contribution >= 4 is 11.9 Å². The van der Waals surface area contributed by atoms with Crippen LogP contribution in [0.15, 0.2) is 0 Å². The molecule has 0 aliphatic carbocycles. The van der Waals surface area contributed by atoms with Crippen LogP contribution in [0.3, 0.4) is 0 Å². The van der Waals surface area contributed by atoms with E-state index >= 15 is 0 Å². The van der Waals surface area contributed by atoms with E-state index in [1.54, 1.807) is 0 Å². The Bertz CT molecular complexity index is 115. The summed E-state index contributed by atoms with van der Waals surface area (Å²) in [6.07, 6.45) is 0. The molecule has 0 aromatic heterocycles. The smallest absolute Gasteiger partial charge is 1.00 e. The molecule has 9 heavy (non-hydrogen) atoms. The first-order valence-corrected chi connectivity index (χ1v) is 1.87. The van der Waals surface area contributed by atoms with Gasteiger partial charge in [-0.05, 0) is 0 Å². The Morgan fingerprint density at radius 3 is 2.00 bits per heavy atom. The fourth-order valence-corrected chi connectivity index (χ4v) is 0.376. The second kappa shape index (κ2) is 5.22. The van der Waals surface area contributed by atoms with E-state index in [9.17, 15) is 9.59 Å². The zero-order chi connectivity index (χ0) is 5.28. The summed E-state index contributed by atoms with van der Waals surface area (Å²) in [5.41, 5.74) is 0. The Hall–Kier alpha value is 0.420. The average molecular weight is 203 g/mol. The average Bonchev–Trinajstić information content (AvgIpc) is 1.87. The van der Waals surface area contributed by atoms with Gasteiger partial charge in [0.1, 0.15) is 0 Å². The zero-order valence-electron chi connectivity index (χ0n) is 4.90. The molecule has 6 heteroatoms. The number of urea groups is 1. The molecule has 0 radical (unpaired) electrons. The minimum Gasteiger partial charge on any atom is -1.00 e. The van der Waals surface area contributed by atoms with Gasteiger partial charge in [0, 0.05) is 0 Å². The molecule has 1 fully saturated rings. The molecular weight excluding hydrogens is 199 g/mol. The monoisotopic (exact) mass is 202 g/mol. The third-order valence-corrected chi connectivity index (χ3v) is 0.662. The summed E-state index contributed by atoms with van der Waals surface area (Å²) in [6.45, 7) is 0.124. The van der Waals surface area contributed by atoms with E-state index in [2.05, 4.69) is 5.32 Å². The second-order valence-corrected chi connectivity index (χ2v) is 1.23. The first-order valence-electron chi connectivity index (χ1n) is 1.87. The SMILES string of the molecule is O=C1CNC(=O)N1.[Br-].[Na+]. The van der Waals surface area contributed by atoms with Crippen molar-refractivity contribution in [3.63, 3.8) is 0 Å². The third kappa shape index (κ3) is 3.91. The molecule has 0 aromatic rings. The van der Waals surface area contributed by atoms with Crippen LogP contribution in [-0.2, 0) is 4.79 Å².